The zero-order chi connectivity index (χ0) is 15.6. The topological polar surface area (TPSA) is 49.3 Å². The third-order valence-electron chi connectivity index (χ3n) is 3.61. The second-order valence-corrected chi connectivity index (χ2v) is 6.50. The van der Waals surface area contributed by atoms with Crippen LogP contribution in [0.25, 0.3) is 0 Å². The van der Waals surface area contributed by atoms with Gasteiger partial charge in [0.15, 0.2) is 17.5 Å². The van der Waals surface area contributed by atoms with Crippen molar-refractivity contribution >= 4 is 17.7 Å². The van der Waals surface area contributed by atoms with E-state index >= 15 is 0 Å². The molecule has 0 aromatic heterocycles. The van der Waals surface area contributed by atoms with Crippen molar-refractivity contribution in [1.29, 1.82) is 0 Å². The van der Waals surface area contributed by atoms with Crippen molar-refractivity contribution in [3.05, 3.63) is 35.1 Å². The number of rotatable bonds is 5. The Kier molecular flexibility index (Phi) is 4.83. The summed E-state index contributed by atoms with van der Waals surface area (Å²) in [5.74, 6) is -4.32. The summed E-state index contributed by atoms with van der Waals surface area (Å²) in [6.45, 7) is 1.98. The first-order chi connectivity index (χ1) is 9.87. The second kappa shape index (κ2) is 6.27. The molecule has 21 heavy (non-hydrogen) atoms. The predicted molar refractivity (Wildman–Crippen MR) is 74.8 cm³/mol. The van der Waals surface area contributed by atoms with Crippen molar-refractivity contribution < 1.29 is 23.1 Å². The first-order valence-corrected chi connectivity index (χ1v) is 7.69. The average Bonchev–Trinajstić information content (AvgIpc) is 2.45. The number of nitrogens with one attached hydrogen (secondary N) is 1. The lowest BCUT2D eigenvalue weighted by molar-refractivity contribution is -0.0221. The van der Waals surface area contributed by atoms with E-state index in [1.165, 1.54) is 0 Å². The highest BCUT2D eigenvalue weighted by Crippen LogP contribution is 2.40. The van der Waals surface area contributed by atoms with Crippen molar-refractivity contribution in [2.75, 3.05) is 12.3 Å². The molecule has 0 saturated heterocycles. The standard InChI is InChI=1S/C14H16F3NO2S/c1-2-21-11-3-4-14(11,20)7-18-13(19)8-5-9(15)12(17)10(16)6-8/h5-6,11,20H,2-4,7H2,1H3,(H,18,19)/t11-,14+/m0/s1. The molecule has 0 aliphatic heterocycles. The molecule has 1 aromatic rings. The van der Waals surface area contributed by atoms with E-state index < -0.39 is 29.0 Å². The monoisotopic (exact) mass is 319 g/mol. The summed E-state index contributed by atoms with van der Waals surface area (Å²) in [6, 6.07) is 1.27. The Morgan fingerprint density at radius 2 is 2.05 bits per heavy atom. The maximum absolute atomic E-state index is 13.1. The molecule has 7 heteroatoms. The molecule has 1 fully saturated rings. The van der Waals surface area contributed by atoms with Crippen LogP contribution < -0.4 is 5.32 Å². The van der Waals surface area contributed by atoms with Gasteiger partial charge in [-0.25, -0.2) is 13.2 Å². The number of benzene rings is 1. The number of hydrogen-bond donors (Lipinski definition) is 2. The van der Waals surface area contributed by atoms with Crippen molar-refractivity contribution in [3.63, 3.8) is 0 Å². The lowest BCUT2D eigenvalue weighted by Crippen LogP contribution is -2.57. The fraction of sp³-hybridized carbons (Fsp3) is 0.500. The van der Waals surface area contributed by atoms with E-state index in [0.29, 0.717) is 18.6 Å². The largest absolute Gasteiger partial charge is 0.387 e. The Morgan fingerprint density at radius 3 is 2.52 bits per heavy atom. The minimum atomic E-state index is -1.61. The van der Waals surface area contributed by atoms with Crippen LogP contribution in [-0.4, -0.2) is 34.2 Å². The quantitative estimate of drug-likeness (QED) is 0.820. The third kappa shape index (κ3) is 3.35. The lowest BCUT2D eigenvalue weighted by atomic mass is 9.79. The molecular formula is C14H16F3NO2S. The van der Waals surface area contributed by atoms with Gasteiger partial charge in [0.2, 0.25) is 0 Å². The summed E-state index contributed by atoms with van der Waals surface area (Å²) in [6.07, 6.45) is 1.43. The fourth-order valence-electron chi connectivity index (χ4n) is 2.26. The molecule has 0 unspecified atom stereocenters. The minimum Gasteiger partial charge on any atom is -0.387 e. The van der Waals surface area contributed by atoms with Crippen molar-refractivity contribution in [3.8, 4) is 0 Å². The number of halogens is 3. The molecule has 0 spiro atoms. The molecule has 0 bridgehead atoms. The molecule has 2 N–H and O–H groups in total. The molecule has 2 rings (SSSR count). The van der Waals surface area contributed by atoms with Gasteiger partial charge >= 0.3 is 0 Å². The van der Waals surface area contributed by atoms with Crippen LogP contribution >= 0.6 is 11.8 Å². The maximum atomic E-state index is 13.1. The Morgan fingerprint density at radius 1 is 1.43 bits per heavy atom. The Hall–Kier alpha value is -1.21. The first kappa shape index (κ1) is 16.2. The number of carbonyl (C=O) groups is 1. The second-order valence-electron chi connectivity index (χ2n) is 5.02. The highest BCUT2D eigenvalue weighted by Gasteiger charge is 2.45. The molecule has 0 radical (unpaired) electrons. The van der Waals surface area contributed by atoms with E-state index in [1.807, 2.05) is 6.92 Å². The fourth-order valence-corrected chi connectivity index (χ4v) is 3.46. The molecular weight excluding hydrogens is 303 g/mol. The molecule has 3 nitrogen and oxygen atoms in total. The zero-order valence-electron chi connectivity index (χ0n) is 11.5. The van der Waals surface area contributed by atoms with E-state index in [4.69, 9.17) is 0 Å². The van der Waals surface area contributed by atoms with Gasteiger partial charge in [-0.1, -0.05) is 6.92 Å². The Balaban J connectivity index is 1.99. The zero-order valence-corrected chi connectivity index (χ0v) is 12.3. The summed E-state index contributed by atoms with van der Waals surface area (Å²) in [5.41, 5.74) is -1.30. The summed E-state index contributed by atoms with van der Waals surface area (Å²) >= 11 is 1.61. The molecule has 2 atom stereocenters. The number of carbonyl (C=O) groups excluding carboxylic acids is 1. The first-order valence-electron chi connectivity index (χ1n) is 6.64. The molecule has 0 heterocycles. The van der Waals surface area contributed by atoms with Crippen molar-refractivity contribution in [2.24, 2.45) is 0 Å². The molecule has 1 aliphatic rings. The Bertz CT molecular complexity index is 532. The number of amides is 1. The van der Waals surface area contributed by atoms with Crippen LogP contribution in [0.2, 0.25) is 0 Å². The van der Waals surface area contributed by atoms with Crippen molar-refractivity contribution in [2.45, 2.75) is 30.6 Å². The summed E-state index contributed by atoms with van der Waals surface area (Å²) in [5, 5.41) is 12.8. The van der Waals surface area contributed by atoms with E-state index in [1.54, 1.807) is 11.8 Å². The highest BCUT2D eigenvalue weighted by atomic mass is 32.2. The summed E-state index contributed by atoms with van der Waals surface area (Å²) < 4.78 is 39.0. The van der Waals surface area contributed by atoms with Gasteiger partial charge in [0.1, 0.15) is 0 Å². The van der Waals surface area contributed by atoms with Crippen LogP contribution in [0.5, 0.6) is 0 Å². The third-order valence-corrected chi connectivity index (χ3v) is 5.02. The van der Waals surface area contributed by atoms with Crippen molar-refractivity contribution in [1.82, 2.24) is 5.32 Å². The number of hydrogen-bond acceptors (Lipinski definition) is 3. The van der Waals surface area contributed by atoms with Gasteiger partial charge in [0.05, 0.1) is 5.60 Å². The van der Waals surface area contributed by atoms with Crippen LogP contribution in [0.1, 0.15) is 30.1 Å². The molecule has 1 aliphatic carbocycles. The van der Waals surface area contributed by atoms with E-state index in [2.05, 4.69) is 5.32 Å². The van der Waals surface area contributed by atoms with Gasteiger partial charge in [0.25, 0.3) is 5.91 Å². The molecule has 116 valence electrons. The predicted octanol–water partition coefficient (Wildman–Crippen LogP) is 2.48. The van der Waals surface area contributed by atoms with Crippen LogP contribution in [-0.2, 0) is 0 Å². The molecule has 1 aromatic carbocycles. The molecule has 1 amide bonds. The number of thioether (sulfide) groups is 1. The van der Waals surface area contributed by atoms with Crippen LogP contribution in [0, 0.1) is 17.5 Å². The number of aliphatic hydroxyl groups is 1. The maximum Gasteiger partial charge on any atom is 0.251 e. The SMILES string of the molecule is CCS[C@H]1CC[C@@]1(O)CNC(=O)c1cc(F)c(F)c(F)c1. The van der Waals surface area contributed by atoms with Crippen LogP contribution in [0.4, 0.5) is 13.2 Å². The lowest BCUT2D eigenvalue weighted by Gasteiger charge is -2.45. The van der Waals surface area contributed by atoms with Gasteiger partial charge in [-0.2, -0.15) is 11.8 Å². The average molecular weight is 319 g/mol. The van der Waals surface area contributed by atoms with E-state index in [9.17, 15) is 23.1 Å². The summed E-state index contributed by atoms with van der Waals surface area (Å²) in [7, 11) is 0. The van der Waals surface area contributed by atoms with Crippen LogP contribution in [0.3, 0.4) is 0 Å². The van der Waals surface area contributed by atoms with E-state index in [-0.39, 0.29) is 17.4 Å². The van der Waals surface area contributed by atoms with Gasteiger partial charge in [-0.15, -0.1) is 0 Å². The Labute approximate surface area is 124 Å². The van der Waals surface area contributed by atoms with E-state index in [0.717, 1.165) is 12.2 Å². The van der Waals surface area contributed by atoms with Gasteiger partial charge in [-0.3, -0.25) is 4.79 Å². The van der Waals surface area contributed by atoms with Crippen LogP contribution in [0.15, 0.2) is 12.1 Å². The summed E-state index contributed by atoms with van der Waals surface area (Å²) in [4.78, 5) is 11.8. The normalized spacial score (nSPS) is 24.5. The smallest absolute Gasteiger partial charge is 0.251 e. The highest BCUT2D eigenvalue weighted by molar-refractivity contribution is 8.00. The minimum absolute atomic E-state index is 0.00408. The van der Waals surface area contributed by atoms with Gasteiger partial charge in [0, 0.05) is 17.4 Å². The van der Waals surface area contributed by atoms with Gasteiger partial charge < -0.3 is 10.4 Å². The molecule has 1 saturated carbocycles. The van der Waals surface area contributed by atoms with Gasteiger partial charge in [-0.05, 0) is 30.7 Å².